The number of hydrogen-bond donors (Lipinski definition) is 3. The normalized spacial score (nSPS) is 10.2. The van der Waals surface area contributed by atoms with Crippen molar-refractivity contribution in [2.24, 2.45) is 0 Å². The molecule has 3 N–H and O–H groups in total. The molecule has 0 saturated heterocycles. The van der Waals surface area contributed by atoms with E-state index in [2.05, 4.69) is 31.9 Å². The molecule has 5 nitrogen and oxygen atoms in total. The zero-order valence-corrected chi connectivity index (χ0v) is 12.7. The average Bonchev–Trinajstić information content (AvgIpc) is 2.41. The van der Waals surface area contributed by atoms with Crippen molar-refractivity contribution in [2.45, 2.75) is 6.42 Å². The molecule has 0 atom stereocenters. The Bertz CT molecular complexity index is 483. The van der Waals surface area contributed by atoms with Crippen molar-refractivity contribution < 1.29 is 14.0 Å². The summed E-state index contributed by atoms with van der Waals surface area (Å²) in [6, 6.07) is 3.87. The predicted octanol–water partition coefficient (Wildman–Crippen LogP) is 1.04. The van der Waals surface area contributed by atoms with Crippen molar-refractivity contribution >= 4 is 27.7 Å². The highest BCUT2D eigenvalue weighted by molar-refractivity contribution is 9.10. The molecule has 110 valence electrons. The predicted molar refractivity (Wildman–Crippen MR) is 78.0 cm³/mol. The lowest BCUT2D eigenvalue weighted by atomic mass is 10.2. The lowest BCUT2D eigenvalue weighted by Gasteiger charge is -2.08. The van der Waals surface area contributed by atoms with Crippen LogP contribution in [0.5, 0.6) is 0 Å². The highest BCUT2D eigenvalue weighted by Crippen LogP contribution is 2.17. The number of benzene rings is 1. The van der Waals surface area contributed by atoms with Gasteiger partial charge in [0.2, 0.25) is 5.91 Å². The largest absolute Gasteiger partial charge is 0.355 e. The van der Waals surface area contributed by atoms with E-state index in [0.717, 1.165) is 6.07 Å². The molecule has 1 aromatic rings. The maximum absolute atomic E-state index is 13.1. The molecule has 0 fully saturated rings. The van der Waals surface area contributed by atoms with Gasteiger partial charge in [0.25, 0.3) is 5.91 Å². The number of likely N-dealkylation sites (N-methyl/N-ethyl adjacent to an activating group) is 1. The zero-order valence-electron chi connectivity index (χ0n) is 11.1. The molecule has 0 aliphatic carbocycles. The second-order valence-corrected chi connectivity index (χ2v) is 4.94. The van der Waals surface area contributed by atoms with Crippen LogP contribution in [-0.2, 0) is 4.79 Å². The maximum Gasteiger partial charge on any atom is 0.252 e. The summed E-state index contributed by atoms with van der Waals surface area (Å²) in [5, 5.41) is 8.18. The average molecular weight is 346 g/mol. The number of carbonyl (C=O) groups excluding carboxylic acids is 2. The van der Waals surface area contributed by atoms with E-state index >= 15 is 0 Å². The fourth-order valence-electron chi connectivity index (χ4n) is 1.47. The fourth-order valence-corrected chi connectivity index (χ4v) is 1.90. The van der Waals surface area contributed by atoms with Crippen molar-refractivity contribution in [2.75, 3.05) is 26.7 Å². The molecule has 0 aliphatic heterocycles. The molecule has 0 aliphatic rings. The number of hydrogen-bond acceptors (Lipinski definition) is 3. The van der Waals surface area contributed by atoms with Gasteiger partial charge in [0.15, 0.2) is 0 Å². The van der Waals surface area contributed by atoms with Gasteiger partial charge >= 0.3 is 0 Å². The second kappa shape index (κ2) is 8.65. The van der Waals surface area contributed by atoms with E-state index < -0.39 is 11.7 Å². The highest BCUT2D eigenvalue weighted by Gasteiger charge is 2.11. The molecule has 0 aromatic heterocycles. The molecule has 0 spiro atoms. The summed E-state index contributed by atoms with van der Waals surface area (Å²) in [5.41, 5.74) is 0.209. The summed E-state index contributed by atoms with van der Waals surface area (Å²) in [6.45, 7) is 1.43. The number of amides is 2. The van der Waals surface area contributed by atoms with E-state index in [1.807, 2.05) is 0 Å². The molecule has 1 rings (SSSR count). The third kappa shape index (κ3) is 5.66. The zero-order chi connectivity index (χ0) is 15.0. The Kier molecular flexibility index (Phi) is 7.17. The molecule has 7 heteroatoms. The van der Waals surface area contributed by atoms with E-state index in [-0.39, 0.29) is 24.4 Å². The summed E-state index contributed by atoms with van der Waals surface area (Å²) in [7, 11) is 1.79. The summed E-state index contributed by atoms with van der Waals surface area (Å²) in [5.74, 6) is -1.04. The molecule has 0 bridgehead atoms. The standard InChI is InChI=1S/C13H17BrFN3O2/c1-16-6-7-17-12(19)4-5-18-13(20)10-8-9(15)2-3-11(10)14/h2-3,8,16H,4-7H2,1H3,(H,17,19)(H,18,20). The first-order valence-corrected chi connectivity index (χ1v) is 6.98. The minimum Gasteiger partial charge on any atom is -0.355 e. The molecule has 0 saturated carbocycles. The van der Waals surface area contributed by atoms with Crippen LogP contribution >= 0.6 is 15.9 Å². The first kappa shape index (κ1) is 16.6. The Hall–Kier alpha value is -1.47. The Morgan fingerprint density at radius 3 is 2.65 bits per heavy atom. The van der Waals surface area contributed by atoms with Crippen LogP contribution in [0.25, 0.3) is 0 Å². The summed E-state index contributed by atoms with van der Waals surface area (Å²) in [6.07, 6.45) is 0.183. The number of rotatable bonds is 7. The third-order valence-corrected chi connectivity index (χ3v) is 3.20. The quantitative estimate of drug-likeness (QED) is 0.647. The first-order valence-electron chi connectivity index (χ1n) is 6.19. The molecule has 20 heavy (non-hydrogen) atoms. The molecule has 0 unspecified atom stereocenters. The maximum atomic E-state index is 13.1. The van der Waals surface area contributed by atoms with Gasteiger partial charge in [-0.15, -0.1) is 0 Å². The Morgan fingerprint density at radius 1 is 1.20 bits per heavy atom. The van der Waals surface area contributed by atoms with Gasteiger partial charge in [-0.25, -0.2) is 4.39 Å². The van der Waals surface area contributed by atoms with Gasteiger partial charge in [0, 0.05) is 30.5 Å². The van der Waals surface area contributed by atoms with Crippen LogP contribution in [0.2, 0.25) is 0 Å². The molecule has 1 aromatic carbocycles. The van der Waals surface area contributed by atoms with Crippen molar-refractivity contribution in [3.63, 3.8) is 0 Å². The van der Waals surface area contributed by atoms with Crippen LogP contribution < -0.4 is 16.0 Å². The molecule has 2 amide bonds. The van der Waals surface area contributed by atoms with Gasteiger partial charge in [0.1, 0.15) is 5.82 Å². The van der Waals surface area contributed by atoms with Crippen molar-refractivity contribution in [1.82, 2.24) is 16.0 Å². The molecule has 0 heterocycles. The first-order chi connectivity index (χ1) is 9.54. The Balaban J connectivity index is 2.36. The van der Waals surface area contributed by atoms with E-state index in [1.165, 1.54) is 12.1 Å². The van der Waals surface area contributed by atoms with Gasteiger partial charge in [-0.2, -0.15) is 0 Å². The smallest absolute Gasteiger partial charge is 0.252 e. The van der Waals surface area contributed by atoms with Gasteiger partial charge in [-0.05, 0) is 41.2 Å². The minimum atomic E-state index is -0.483. The number of nitrogens with one attached hydrogen (secondary N) is 3. The number of carbonyl (C=O) groups is 2. The molecule has 0 radical (unpaired) electrons. The van der Waals surface area contributed by atoms with Gasteiger partial charge in [0.05, 0.1) is 5.56 Å². The fraction of sp³-hybridized carbons (Fsp3) is 0.385. The van der Waals surface area contributed by atoms with Crippen molar-refractivity contribution in [3.8, 4) is 0 Å². The van der Waals surface area contributed by atoms with Crippen LogP contribution in [0.3, 0.4) is 0 Å². The van der Waals surface area contributed by atoms with Crippen LogP contribution in [0.1, 0.15) is 16.8 Å². The second-order valence-electron chi connectivity index (χ2n) is 4.08. The van der Waals surface area contributed by atoms with E-state index in [1.54, 1.807) is 7.05 Å². The molecular weight excluding hydrogens is 329 g/mol. The lowest BCUT2D eigenvalue weighted by molar-refractivity contribution is -0.120. The highest BCUT2D eigenvalue weighted by atomic mass is 79.9. The Morgan fingerprint density at radius 2 is 1.95 bits per heavy atom. The van der Waals surface area contributed by atoms with E-state index in [0.29, 0.717) is 17.6 Å². The van der Waals surface area contributed by atoms with E-state index in [9.17, 15) is 14.0 Å². The van der Waals surface area contributed by atoms with Crippen molar-refractivity contribution in [3.05, 3.63) is 34.1 Å². The van der Waals surface area contributed by atoms with Crippen LogP contribution in [0, 0.1) is 5.82 Å². The summed E-state index contributed by atoms with van der Waals surface area (Å²) >= 11 is 3.18. The monoisotopic (exact) mass is 345 g/mol. The summed E-state index contributed by atoms with van der Waals surface area (Å²) in [4.78, 5) is 23.2. The van der Waals surface area contributed by atoms with Gasteiger partial charge < -0.3 is 16.0 Å². The summed E-state index contributed by atoms with van der Waals surface area (Å²) < 4.78 is 13.6. The minimum absolute atomic E-state index is 0.140. The van der Waals surface area contributed by atoms with Gasteiger partial charge in [-0.1, -0.05) is 0 Å². The Labute approximate surface area is 125 Å². The molecular formula is C13H17BrFN3O2. The van der Waals surface area contributed by atoms with E-state index in [4.69, 9.17) is 0 Å². The van der Waals surface area contributed by atoms with Crippen molar-refractivity contribution in [1.29, 1.82) is 0 Å². The van der Waals surface area contributed by atoms with Crippen LogP contribution in [0.4, 0.5) is 4.39 Å². The van der Waals surface area contributed by atoms with Crippen LogP contribution in [0.15, 0.2) is 22.7 Å². The number of halogens is 2. The lowest BCUT2D eigenvalue weighted by Crippen LogP contribution is -2.33. The van der Waals surface area contributed by atoms with Crippen LogP contribution in [-0.4, -0.2) is 38.5 Å². The SMILES string of the molecule is CNCCNC(=O)CCNC(=O)c1cc(F)ccc1Br. The van der Waals surface area contributed by atoms with Gasteiger partial charge in [-0.3, -0.25) is 9.59 Å². The third-order valence-electron chi connectivity index (χ3n) is 2.51. The topological polar surface area (TPSA) is 70.2 Å².